The Hall–Kier alpha value is -3.47. The van der Waals surface area contributed by atoms with Gasteiger partial charge in [-0.05, 0) is 24.3 Å². The molecule has 0 fully saturated rings. The lowest BCUT2D eigenvalue weighted by molar-refractivity contribution is -0.384. The van der Waals surface area contributed by atoms with E-state index in [0.29, 0.717) is 11.0 Å². The fourth-order valence-electron chi connectivity index (χ4n) is 2.67. The molecule has 1 heterocycles. The summed E-state index contributed by atoms with van der Waals surface area (Å²) in [5.41, 5.74) is -2.17. The Morgan fingerprint density at radius 3 is 2.38 bits per heavy atom. The molecule has 0 aliphatic carbocycles. The molecule has 8 nitrogen and oxygen atoms in total. The van der Waals surface area contributed by atoms with Crippen molar-refractivity contribution in [1.29, 1.82) is 0 Å². The normalized spacial score (nSPS) is 13.4. The molecular formula is C17H9ClF3N3O5. The van der Waals surface area contributed by atoms with Crippen molar-refractivity contribution in [2.75, 3.05) is 11.9 Å². The summed E-state index contributed by atoms with van der Waals surface area (Å²) in [5, 5.41) is 12.8. The van der Waals surface area contributed by atoms with E-state index in [2.05, 4.69) is 5.32 Å². The van der Waals surface area contributed by atoms with Gasteiger partial charge in [-0.3, -0.25) is 29.4 Å². The molecule has 0 saturated carbocycles. The van der Waals surface area contributed by atoms with Gasteiger partial charge in [-0.2, -0.15) is 13.2 Å². The number of nitrogens with one attached hydrogen (secondary N) is 1. The molecule has 1 aliphatic rings. The van der Waals surface area contributed by atoms with Gasteiger partial charge in [0, 0.05) is 12.1 Å². The van der Waals surface area contributed by atoms with E-state index >= 15 is 0 Å². The average Bonchev–Trinajstić information content (AvgIpc) is 2.87. The van der Waals surface area contributed by atoms with E-state index in [4.69, 9.17) is 11.6 Å². The molecular weight excluding hydrogens is 419 g/mol. The standard InChI is InChI=1S/C17H9ClF3N3O5/c18-12-4-1-8(17(19,20)21)5-13(12)22-14(25)7-23-15(26)10-3-2-9(24(28)29)6-11(10)16(23)27/h1-6H,7H2,(H,22,25). The molecule has 3 amide bonds. The van der Waals surface area contributed by atoms with Crippen LogP contribution in [0, 0.1) is 10.1 Å². The first-order valence-electron chi connectivity index (χ1n) is 7.80. The Labute approximate surface area is 165 Å². The Bertz CT molecular complexity index is 1070. The maximum Gasteiger partial charge on any atom is 0.416 e. The van der Waals surface area contributed by atoms with Crippen molar-refractivity contribution >= 4 is 40.7 Å². The molecule has 0 bridgehead atoms. The van der Waals surface area contributed by atoms with Crippen molar-refractivity contribution in [2.24, 2.45) is 0 Å². The molecule has 0 unspecified atom stereocenters. The minimum Gasteiger partial charge on any atom is -0.323 e. The summed E-state index contributed by atoms with van der Waals surface area (Å²) in [5.74, 6) is -2.76. The predicted molar refractivity (Wildman–Crippen MR) is 93.5 cm³/mol. The topological polar surface area (TPSA) is 110 Å². The van der Waals surface area contributed by atoms with Crippen LogP contribution >= 0.6 is 11.6 Å². The Morgan fingerprint density at radius 1 is 1.10 bits per heavy atom. The van der Waals surface area contributed by atoms with Gasteiger partial charge in [-0.15, -0.1) is 0 Å². The molecule has 0 atom stereocenters. The van der Waals surface area contributed by atoms with Crippen LogP contribution in [-0.2, 0) is 11.0 Å². The summed E-state index contributed by atoms with van der Waals surface area (Å²) in [7, 11) is 0. The third-order valence-corrected chi connectivity index (χ3v) is 4.36. The van der Waals surface area contributed by atoms with E-state index in [1.807, 2.05) is 0 Å². The highest BCUT2D eigenvalue weighted by molar-refractivity contribution is 6.33. The fourth-order valence-corrected chi connectivity index (χ4v) is 2.83. The summed E-state index contributed by atoms with van der Waals surface area (Å²) < 4.78 is 38.4. The molecule has 1 aliphatic heterocycles. The summed E-state index contributed by atoms with van der Waals surface area (Å²) in [6.07, 6.45) is -4.67. The zero-order valence-electron chi connectivity index (χ0n) is 14.1. The van der Waals surface area contributed by atoms with Crippen LogP contribution in [-0.4, -0.2) is 34.1 Å². The van der Waals surface area contributed by atoms with Crippen molar-refractivity contribution in [1.82, 2.24) is 4.90 Å². The van der Waals surface area contributed by atoms with Crippen LogP contribution in [0.15, 0.2) is 36.4 Å². The van der Waals surface area contributed by atoms with Crippen molar-refractivity contribution in [3.8, 4) is 0 Å². The lowest BCUT2D eigenvalue weighted by Gasteiger charge is -2.15. The minimum atomic E-state index is -4.67. The van der Waals surface area contributed by atoms with Gasteiger partial charge in [0.05, 0.1) is 32.3 Å². The van der Waals surface area contributed by atoms with Crippen LogP contribution in [0.25, 0.3) is 0 Å². The maximum atomic E-state index is 12.8. The molecule has 150 valence electrons. The van der Waals surface area contributed by atoms with Crippen molar-refractivity contribution in [3.05, 3.63) is 68.2 Å². The first-order chi connectivity index (χ1) is 13.5. The van der Waals surface area contributed by atoms with E-state index in [1.165, 1.54) is 0 Å². The van der Waals surface area contributed by atoms with Gasteiger partial charge in [-0.1, -0.05) is 11.6 Å². The van der Waals surface area contributed by atoms with Gasteiger partial charge in [0.15, 0.2) is 0 Å². The van der Waals surface area contributed by atoms with E-state index in [-0.39, 0.29) is 21.8 Å². The van der Waals surface area contributed by atoms with Crippen LogP contribution in [0.4, 0.5) is 24.5 Å². The number of non-ortho nitro benzene ring substituents is 1. The summed E-state index contributed by atoms with van der Waals surface area (Å²) >= 11 is 5.79. The summed E-state index contributed by atoms with van der Waals surface area (Å²) in [6.45, 7) is -0.813. The van der Waals surface area contributed by atoms with Gasteiger partial charge in [0.25, 0.3) is 17.5 Å². The SMILES string of the molecule is O=C(CN1C(=O)c2ccc([N+](=O)[O-])cc2C1=O)Nc1cc(C(F)(F)F)ccc1Cl. The number of benzene rings is 2. The van der Waals surface area contributed by atoms with Crippen LogP contribution in [0.5, 0.6) is 0 Å². The largest absolute Gasteiger partial charge is 0.416 e. The summed E-state index contributed by atoms with van der Waals surface area (Å²) in [6, 6.07) is 5.34. The van der Waals surface area contributed by atoms with Gasteiger partial charge >= 0.3 is 6.18 Å². The zero-order chi connectivity index (χ0) is 21.5. The van der Waals surface area contributed by atoms with Gasteiger partial charge < -0.3 is 5.32 Å². The molecule has 2 aromatic carbocycles. The molecule has 29 heavy (non-hydrogen) atoms. The van der Waals surface area contributed by atoms with Crippen molar-refractivity contribution < 1.29 is 32.5 Å². The van der Waals surface area contributed by atoms with Crippen molar-refractivity contribution in [3.63, 3.8) is 0 Å². The fraction of sp³-hybridized carbons (Fsp3) is 0.118. The third-order valence-electron chi connectivity index (χ3n) is 4.03. The number of carbonyl (C=O) groups excluding carboxylic acids is 3. The minimum absolute atomic E-state index is 0.120. The van der Waals surface area contributed by atoms with Crippen LogP contribution < -0.4 is 5.32 Å². The number of alkyl halides is 3. The molecule has 0 aromatic heterocycles. The number of anilines is 1. The second kappa shape index (κ2) is 7.17. The number of carbonyl (C=O) groups is 3. The van der Waals surface area contributed by atoms with E-state index in [1.54, 1.807) is 0 Å². The van der Waals surface area contributed by atoms with Gasteiger partial charge in [0.1, 0.15) is 6.54 Å². The number of imide groups is 1. The first kappa shape index (κ1) is 20.3. The van der Waals surface area contributed by atoms with E-state index in [0.717, 1.165) is 30.3 Å². The zero-order valence-corrected chi connectivity index (χ0v) is 14.9. The Morgan fingerprint density at radius 2 is 1.76 bits per heavy atom. The highest BCUT2D eigenvalue weighted by Crippen LogP contribution is 2.34. The number of nitro benzene ring substituents is 1. The number of nitro groups is 1. The number of hydrogen-bond acceptors (Lipinski definition) is 5. The molecule has 2 aromatic rings. The number of nitrogens with zero attached hydrogens (tertiary/aromatic N) is 2. The first-order valence-corrected chi connectivity index (χ1v) is 8.18. The van der Waals surface area contributed by atoms with E-state index in [9.17, 15) is 37.7 Å². The lowest BCUT2D eigenvalue weighted by atomic mass is 10.1. The average molecular weight is 428 g/mol. The lowest BCUT2D eigenvalue weighted by Crippen LogP contribution is -2.37. The molecule has 0 radical (unpaired) electrons. The number of fused-ring (bicyclic) bond motifs is 1. The molecule has 12 heteroatoms. The van der Waals surface area contributed by atoms with Crippen LogP contribution in [0.1, 0.15) is 26.3 Å². The second-order valence-electron chi connectivity index (χ2n) is 5.92. The predicted octanol–water partition coefficient (Wildman–Crippen LogP) is 3.50. The van der Waals surface area contributed by atoms with Crippen LogP contribution in [0.3, 0.4) is 0 Å². The highest BCUT2D eigenvalue weighted by Gasteiger charge is 2.38. The Balaban J connectivity index is 1.79. The Kier molecular flexibility index (Phi) is 5.01. The molecule has 1 N–H and O–H groups in total. The smallest absolute Gasteiger partial charge is 0.323 e. The second-order valence-corrected chi connectivity index (χ2v) is 6.33. The van der Waals surface area contributed by atoms with Crippen molar-refractivity contribution in [2.45, 2.75) is 6.18 Å². The quantitative estimate of drug-likeness (QED) is 0.456. The van der Waals surface area contributed by atoms with Gasteiger partial charge in [0.2, 0.25) is 5.91 Å². The highest BCUT2D eigenvalue weighted by atomic mass is 35.5. The molecule has 0 saturated heterocycles. The molecule has 3 rings (SSSR count). The van der Waals surface area contributed by atoms with Gasteiger partial charge in [-0.25, -0.2) is 0 Å². The third kappa shape index (κ3) is 3.90. The molecule has 0 spiro atoms. The number of rotatable bonds is 4. The number of hydrogen-bond donors (Lipinski definition) is 1. The van der Waals surface area contributed by atoms with E-state index < -0.39 is 46.6 Å². The number of halogens is 4. The number of amides is 3. The maximum absolute atomic E-state index is 12.8. The van der Waals surface area contributed by atoms with Crippen LogP contribution in [0.2, 0.25) is 5.02 Å². The summed E-state index contributed by atoms with van der Waals surface area (Å²) in [4.78, 5) is 47.5. The monoisotopic (exact) mass is 427 g/mol.